The molecular formula is C31H33ClN2O5S. The summed E-state index contributed by atoms with van der Waals surface area (Å²) in [6.45, 7) is 2.18. The second kappa shape index (κ2) is 12.6. The first-order valence-corrected chi connectivity index (χ1v) is 15.2. The molecule has 210 valence electrons. The molecule has 3 aromatic rings. The quantitative estimate of drug-likeness (QED) is 0.262. The maximum Gasteiger partial charge on any atom is 0.319 e. The number of likely N-dealkylation sites (N-methyl/N-ethyl adjacent to an activating group) is 1. The van der Waals surface area contributed by atoms with Crippen molar-refractivity contribution in [2.45, 2.75) is 55.4 Å². The molecule has 2 amide bonds. The Morgan fingerprint density at radius 1 is 1.12 bits per heavy atom. The van der Waals surface area contributed by atoms with E-state index in [-0.39, 0.29) is 18.5 Å². The van der Waals surface area contributed by atoms with Crippen molar-refractivity contribution in [2.75, 3.05) is 19.4 Å². The highest BCUT2D eigenvalue weighted by Gasteiger charge is 2.33. The number of ether oxygens (including phenoxy) is 2. The highest BCUT2D eigenvalue weighted by Crippen LogP contribution is 2.42. The molecule has 1 aliphatic carbocycles. The summed E-state index contributed by atoms with van der Waals surface area (Å²) in [7, 11) is 0. The summed E-state index contributed by atoms with van der Waals surface area (Å²) in [5.41, 5.74) is 2.50. The number of carbonyl (C=O) groups excluding carboxylic acids is 2. The number of amides is 2. The first kappa shape index (κ1) is 28.5. The van der Waals surface area contributed by atoms with Crippen LogP contribution < -0.4 is 19.9 Å². The Balaban J connectivity index is 1.21. The fourth-order valence-electron chi connectivity index (χ4n) is 5.49. The van der Waals surface area contributed by atoms with Gasteiger partial charge in [-0.15, -0.1) is 11.8 Å². The van der Waals surface area contributed by atoms with Crippen molar-refractivity contribution < 1.29 is 24.1 Å². The van der Waals surface area contributed by atoms with Crippen molar-refractivity contribution in [1.82, 2.24) is 5.32 Å². The number of hydroxylamine groups is 2. The minimum Gasteiger partial charge on any atom is -0.627 e. The molecule has 0 spiro atoms. The number of nitrogens with one attached hydrogen (secondary N) is 2. The van der Waals surface area contributed by atoms with Crippen molar-refractivity contribution >= 4 is 35.2 Å². The Morgan fingerprint density at radius 2 is 1.93 bits per heavy atom. The van der Waals surface area contributed by atoms with E-state index in [1.807, 2.05) is 0 Å². The van der Waals surface area contributed by atoms with E-state index in [1.54, 1.807) is 55.1 Å². The van der Waals surface area contributed by atoms with E-state index in [0.717, 1.165) is 19.3 Å². The number of hydrogen-bond donors (Lipinski definition) is 2. The van der Waals surface area contributed by atoms with Crippen molar-refractivity contribution in [3.8, 4) is 17.2 Å². The van der Waals surface area contributed by atoms with Gasteiger partial charge in [0, 0.05) is 34.6 Å². The average Bonchev–Trinajstić information content (AvgIpc) is 3.45. The van der Waals surface area contributed by atoms with E-state index in [0.29, 0.717) is 52.3 Å². The van der Waals surface area contributed by atoms with Crippen molar-refractivity contribution in [3.63, 3.8) is 0 Å². The zero-order chi connectivity index (χ0) is 28.2. The maximum absolute atomic E-state index is 12.9. The smallest absolute Gasteiger partial charge is 0.319 e. The minimum atomic E-state index is -0.559. The molecule has 40 heavy (non-hydrogen) atoms. The lowest BCUT2D eigenvalue weighted by molar-refractivity contribution is -0.763. The number of halogens is 1. The van der Waals surface area contributed by atoms with Gasteiger partial charge in [0.2, 0.25) is 0 Å². The van der Waals surface area contributed by atoms with Gasteiger partial charge in [0.1, 0.15) is 23.2 Å². The monoisotopic (exact) mass is 580 g/mol. The highest BCUT2D eigenvalue weighted by atomic mass is 35.5. The first-order chi connectivity index (χ1) is 19.4. The largest absolute Gasteiger partial charge is 0.627 e. The number of carbonyl (C=O) groups is 2. The molecule has 1 saturated carbocycles. The zero-order valence-corrected chi connectivity index (χ0v) is 24.1. The summed E-state index contributed by atoms with van der Waals surface area (Å²) in [5, 5.41) is 15.1. The van der Waals surface area contributed by atoms with Gasteiger partial charge in [0.05, 0.1) is 18.2 Å². The second-order valence-corrected chi connectivity index (χ2v) is 11.5. The Morgan fingerprint density at radius 3 is 2.67 bits per heavy atom. The number of fused-ring (bicyclic) bond motifs is 1. The molecule has 4 unspecified atom stereocenters. The van der Waals surface area contributed by atoms with Gasteiger partial charge in [-0.25, -0.2) is 4.79 Å². The van der Waals surface area contributed by atoms with Gasteiger partial charge in [-0.05, 0) is 86.4 Å². The fourth-order valence-corrected chi connectivity index (χ4v) is 6.17. The maximum atomic E-state index is 12.9. The van der Waals surface area contributed by atoms with Gasteiger partial charge in [-0.3, -0.25) is 4.79 Å². The molecule has 3 aromatic carbocycles. The minimum absolute atomic E-state index is 0.104. The van der Waals surface area contributed by atoms with Gasteiger partial charge >= 0.3 is 5.91 Å². The van der Waals surface area contributed by atoms with Crippen LogP contribution in [0.4, 0.5) is 0 Å². The SMILES string of the molecule is CC[NH+]([O-])C(=O)C1CCOc2cc(Oc3ccc(C(=O)NC4CCC(c5cccc(SC)c5)C4)cc3)c(Cl)cc21. The van der Waals surface area contributed by atoms with Gasteiger partial charge in [0.15, 0.2) is 0 Å². The molecular weight excluding hydrogens is 548 g/mol. The number of benzene rings is 3. The normalized spacial score (nSPS) is 20.8. The van der Waals surface area contributed by atoms with Crippen LogP contribution in [-0.4, -0.2) is 37.3 Å². The number of hydrogen-bond acceptors (Lipinski definition) is 6. The van der Waals surface area contributed by atoms with Crippen LogP contribution in [0, 0.1) is 5.21 Å². The average molecular weight is 581 g/mol. The molecule has 1 heterocycles. The van der Waals surface area contributed by atoms with Crippen LogP contribution in [0.5, 0.6) is 17.2 Å². The summed E-state index contributed by atoms with van der Waals surface area (Å²) in [5.74, 6) is 0.748. The van der Waals surface area contributed by atoms with E-state index in [1.165, 1.54) is 10.5 Å². The molecule has 0 bridgehead atoms. The molecule has 0 saturated heterocycles. The molecule has 1 aliphatic heterocycles. The summed E-state index contributed by atoms with van der Waals surface area (Å²) in [4.78, 5) is 26.8. The molecule has 1 fully saturated rings. The fraction of sp³-hybridized carbons (Fsp3) is 0.355. The van der Waals surface area contributed by atoms with E-state index < -0.39 is 16.9 Å². The van der Waals surface area contributed by atoms with Crippen LogP contribution in [0.25, 0.3) is 0 Å². The predicted octanol–water partition coefficient (Wildman–Crippen LogP) is 5.72. The van der Waals surface area contributed by atoms with Gasteiger partial charge in [0.25, 0.3) is 5.91 Å². The lowest BCUT2D eigenvalue weighted by atomic mass is 9.92. The van der Waals surface area contributed by atoms with Crippen LogP contribution in [0.1, 0.15) is 65.9 Å². The molecule has 2 N–H and O–H groups in total. The lowest BCUT2D eigenvalue weighted by Gasteiger charge is -2.28. The zero-order valence-electron chi connectivity index (χ0n) is 22.6. The summed E-state index contributed by atoms with van der Waals surface area (Å²) < 4.78 is 11.7. The standard InChI is InChI=1S/C31H33ClN2O5S/c1-3-34(37)31(36)25-13-14-38-28-18-29(27(32)17-26(25)28)39-23-11-8-19(9-12-23)30(35)33-22-10-7-21(15-22)20-5-4-6-24(16-20)40-2/h4-6,8-9,11-12,16-18,21-22,25,34H,3,7,10,13-15H2,1-2H3,(H,33,35). The Labute approximate surface area is 243 Å². The second-order valence-electron chi connectivity index (χ2n) is 10.2. The highest BCUT2D eigenvalue weighted by molar-refractivity contribution is 7.98. The molecule has 7 nitrogen and oxygen atoms in total. The predicted molar refractivity (Wildman–Crippen MR) is 157 cm³/mol. The number of rotatable bonds is 8. The lowest BCUT2D eigenvalue weighted by Crippen LogP contribution is -3.10. The molecule has 4 atom stereocenters. The Bertz CT molecular complexity index is 1380. The summed E-state index contributed by atoms with van der Waals surface area (Å²) >= 11 is 8.25. The third-order valence-corrected chi connectivity index (χ3v) is 8.71. The van der Waals surface area contributed by atoms with Gasteiger partial charge in [-0.2, -0.15) is 0 Å². The summed E-state index contributed by atoms with van der Waals surface area (Å²) in [6.07, 6.45) is 5.47. The molecule has 2 aliphatic rings. The van der Waals surface area contributed by atoms with Crippen molar-refractivity contribution in [2.24, 2.45) is 0 Å². The van der Waals surface area contributed by atoms with E-state index in [9.17, 15) is 14.8 Å². The van der Waals surface area contributed by atoms with Gasteiger partial charge in [-0.1, -0.05) is 23.7 Å². The molecule has 9 heteroatoms. The van der Waals surface area contributed by atoms with Crippen LogP contribution in [-0.2, 0) is 4.79 Å². The van der Waals surface area contributed by atoms with E-state index in [2.05, 4.69) is 35.8 Å². The van der Waals surface area contributed by atoms with E-state index >= 15 is 0 Å². The third kappa shape index (κ3) is 6.31. The molecule has 5 rings (SSSR count). The molecule has 0 radical (unpaired) electrons. The van der Waals surface area contributed by atoms with Gasteiger partial charge < -0.3 is 25.1 Å². The van der Waals surface area contributed by atoms with Crippen LogP contribution in [0.15, 0.2) is 65.6 Å². The van der Waals surface area contributed by atoms with Crippen molar-refractivity contribution in [3.05, 3.63) is 87.6 Å². The van der Waals surface area contributed by atoms with Crippen LogP contribution >= 0.6 is 23.4 Å². The van der Waals surface area contributed by atoms with E-state index in [4.69, 9.17) is 21.1 Å². The Kier molecular flexibility index (Phi) is 9.00. The molecule has 0 aromatic heterocycles. The third-order valence-electron chi connectivity index (χ3n) is 7.69. The number of thioether (sulfide) groups is 1. The number of quaternary nitrogens is 1. The van der Waals surface area contributed by atoms with Crippen molar-refractivity contribution in [1.29, 1.82) is 0 Å². The Hall–Kier alpha value is -3.04. The van der Waals surface area contributed by atoms with Crippen LogP contribution in [0.2, 0.25) is 5.02 Å². The topological polar surface area (TPSA) is 92.1 Å². The first-order valence-electron chi connectivity index (χ1n) is 13.6. The summed E-state index contributed by atoms with van der Waals surface area (Å²) in [6, 6.07) is 19.0. The van der Waals surface area contributed by atoms with Crippen LogP contribution in [0.3, 0.4) is 0 Å².